The highest BCUT2D eigenvalue weighted by Gasteiger charge is 2.29. The highest BCUT2D eigenvalue weighted by molar-refractivity contribution is 6.32. The summed E-state index contributed by atoms with van der Waals surface area (Å²) in [5, 5.41) is 0.212. The average Bonchev–Trinajstić information content (AvgIpc) is 2.98. The van der Waals surface area contributed by atoms with Gasteiger partial charge in [-0.2, -0.15) is 0 Å². The van der Waals surface area contributed by atoms with Crippen LogP contribution in [0, 0.1) is 0 Å². The first kappa shape index (κ1) is 15.4. The number of carbonyl (C=O) groups is 3. The van der Waals surface area contributed by atoms with Crippen LogP contribution in [-0.2, 0) is 14.3 Å². The molecule has 8 nitrogen and oxygen atoms in total. The van der Waals surface area contributed by atoms with Gasteiger partial charge in [0.25, 0.3) is 5.91 Å². The molecule has 0 saturated carbocycles. The molecule has 1 fully saturated rings. The van der Waals surface area contributed by atoms with Crippen molar-refractivity contribution in [2.45, 2.75) is 0 Å². The van der Waals surface area contributed by atoms with Gasteiger partial charge >= 0.3 is 12.1 Å². The van der Waals surface area contributed by atoms with Crippen molar-refractivity contribution in [3.8, 4) is 11.5 Å². The third kappa shape index (κ3) is 3.16. The van der Waals surface area contributed by atoms with Crippen LogP contribution in [0.25, 0.3) is 0 Å². The fraction of sp³-hybridized carbons (Fsp3) is 0.357. The number of imide groups is 1. The standard InChI is InChI=1S/C14H12ClNO7/c15-9-5-8(6-10-12(9)21-4-3-20-10)13(18)23-7-11(17)16-1-2-22-14(16)19/h5-6H,1-4,7H2. The first-order valence-corrected chi connectivity index (χ1v) is 7.17. The van der Waals surface area contributed by atoms with Crippen LogP contribution in [0.5, 0.6) is 11.5 Å². The number of ether oxygens (including phenoxy) is 4. The third-order valence-electron chi connectivity index (χ3n) is 3.22. The van der Waals surface area contributed by atoms with Crippen molar-refractivity contribution in [2.75, 3.05) is 33.0 Å². The van der Waals surface area contributed by atoms with Crippen LogP contribution in [0.1, 0.15) is 10.4 Å². The van der Waals surface area contributed by atoms with E-state index >= 15 is 0 Å². The summed E-state index contributed by atoms with van der Waals surface area (Å²) in [6.07, 6.45) is -0.742. The fourth-order valence-electron chi connectivity index (χ4n) is 2.14. The smallest absolute Gasteiger partial charge is 0.416 e. The summed E-state index contributed by atoms with van der Waals surface area (Å²) in [5.41, 5.74) is 0.121. The van der Waals surface area contributed by atoms with Crippen LogP contribution >= 0.6 is 11.6 Å². The molecule has 122 valence electrons. The molecule has 2 amide bonds. The van der Waals surface area contributed by atoms with E-state index in [9.17, 15) is 14.4 Å². The van der Waals surface area contributed by atoms with Crippen LogP contribution in [0.2, 0.25) is 5.02 Å². The van der Waals surface area contributed by atoms with Crippen molar-refractivity contribution in [2.24, 2.45) is 0 Å². The first-order chi connectivity index (χ1) is 11.1. The van der Waals surface area contributed by atoms with Gasteiger partial charge < -0.3 is 18.9 Å². The number of amides is 2. The van der Waals surface area contributed by atoms with Gasteiger partial charge in [0.1, 0.15) is 19.8 Å². The minimum Gasteiger partial charge on any atom is -0.486 e. The van der Waals surface area contributed by atoms with E-state index < -0.39 is 24.6 Å². The van der Waals surface area contributed by atoms with E-state index in [1.807, 2.05) is 0 Å². The summed E-state index contributed by atoms with van der Waals surface area (Å²) < 4.78 is 20.2. The minimum absolute atomic E-state index is 0.121. The molecule has 2 aliphatic rings. The zero-order valence-electron chi connectivity index (χ0n) is 11.9. The lowest BCUT2D eigenvalue weighted by molar-refractivity contribution is -0.131. The zero-order chi connectivity index (χ0) is 16.4. The molecule has 0 atom stereocenters. The van der Waals surface area contributed by atoms with Gasteiger partial charge in [-0.1, -0.05) is 11.6 Å². The molecule has 3 rings (SSSR count). The van der Waals surface area contributed by atoms with Gasteiger partial charge in [-0.15, -0.1) is 0 Å². The summed E-state index contributed by atoms with van der Waals surface area (Å²) in [6.45, 7) is 0.426. The lowest BCUT2D eigenvalue weighted by Crippen LogP contribution is -2.35. The molecule has 0 aliphatic carbocycles. The van der Waals surface area contributed by atoms with E-state index in [0.717, 1.165) is 4.90 Å². The van der Waals surface area contributed by atoms with Crippen molar-refractivity contribution in [3.63, 3.8) is 0 Å². The monoisotopic (exact) mass is 341 g/mol. The predicted molar refractivity (Wildman–Crippen MR) is 75.8 cm³/mol. The number of nitrogens with zero attached hydrogens (tertiary/aromatic N) is 1. The number of cyclic esters (lactones) is 1. The Kier molecular flexibility index (Phi) is 4.24. The molecule has 1 aromatic carbocycles. The number of rotatable bonds is 3. The summed E-state index contributed by atoms with van der Waals surface area (Å²) in [6, 6.07) is 2.79. The molecule has 23 heavy (non-hydrogen) atoms. The minimum atomic E-state index is -0.759. The molecule has 1 aromatic rings. The Morgan fingerprint density at radius 1 is 1.17 bits per heavy atom. The Morgan fingerprint density at radius 3 is 2.70 bits per heavy atom. The highest BCUT2D eigenvalue weighted by atomic mass is 35.5. The maximum absolute atomic E-state index is 12.0. The molecule has 0 radical (unpaired) electrons. The van der Waals surface area contributed by atoms with Crippen molar-refractivity contribution in [3.05, 3.63) is 22.7 Å². The maximum Gasteiger partial charge on any atom is 0.416 e. The fourth-order valence-corrected chi connectivity index (χ4v) is 2.40. The summed E-state index contributed by atoms with van der Waals surface area (Å²) in [4.78, 5) is 35.9. The van der Waals surface area contributed by atoms with Gasteiger partial charge in [0.15, 0.2) is 18.1 Å². The van der Waals surface area contributed by atoms with Crippen LogP contribution in [0.4, 0.5) is 4.79 Å². The van der Waals surface area contributed by atoms with Crippen LogP contribution in [-0.4, -0.2) is 55.8 Å². The Bertz CT molecular complexity index is 675. The Balaban J connectivity index is 1.65. The summed E-state index contributed by atoms with van der Waals surface area (Å²) in [5.74, 6) is -0.704. The van der Waals surface area contributed by atoms with E-state index in [2.05, 4.69) is 4.74 Å². The van der Waals surface area contributed by atoms with Crippen LogP contribution in [0.15, 0.2) is 12.1 Å². The average molecular weight is 342 g/mol. The van der Waals surface area contributed by atoms with Gasteiger partial charge in [-0.05, 0) is 12.1 Å². The molecule has 2 aliphatic heterocycles. The van der Waals surface area contributed by atoms with E-state index in [1.165, 1.54) is 12.1 Å². The predicted octanol–water partition coefficient (Wildman–Crippen LogP) is 1.25. The maximum atomic E-state index is 12.0. The Hall–Kier alpha value is -2.48. The van der Waals surface area contributed by atoms with Gasteiger partial charge in [-0.25, -0.2) is 14.5 Å². The second-order valence-corrected chi connectivity index (χ2v) is 5.13. The quantitative estimate of drug-likeness (QED) is 0.764. The molecule has 0 bridgehead atoms. The Morgan fingerprint density at radius 2 is 1.96 bits per heavy atom. The van der Waals surface area contributed by atoms with Gasteiger partial charge in [0, 0.05) is 0 Å². The SMILES string of the molecule is O=C(OCC(=O)N1CCOC1=O)c1cc(Cl)c2c(c1)OCCO2. The van der Waals surface area contributed by atoms with Crippen LogP contribution in [0.3, 0.4) is 0 Å². The number of halogens is 1. The van der Waals surface area contributed by atoms with Crippen molar-refractivity contribution >= 4 is 29.6 Å². The molecule has 1 saturated heterocycles. The van der Waals surface area contributed by atoms with Crippen molar-refractivity contribution in [1.29, 1.82) is 0 Å². The number of hydrogen-bond donors (Lipinski definition) is 0. The van der Waals surface area contributed by atoms with Gasteiger partial charge in [-0.3, -0.25) is 4.79 Å². The molecule has 0 aromatic heterocycles. The lowest BCUT2D eigenvalue weighted by atomic mass is 10.2. The van der Waals surface area contributed by atoms with Crippen molar-refractivity contribution < 1.29 is 33.3 Å². The second kappa shape index (κ2) is 6.33. The number of esters is 1. The van der Waals surface area contributed by atoms with E-state index in [4.69, 9.17) is 25.8 Å². The Labute approximate surface area is 135 Å². The number of carbonyl (C=O) groups excluding carboxylic acids is 3. The number of benzene rings is 1. The normalized spacial score (nSPS) is 16.0. The molecular formula is C14H12ClNO7. The number of fused-ring (bicyclic) bond motifs is 1. The van der Waals surface area contributed by atoms with E-state index in [1.54, 1.807) is 0 Å². The zero-order valence-corrected chi connectivity index (χ0v) is 12.6. The number of hydrogen-bond acceptors (Lipinski definition) is 7. The van der Waals surface area contributed by atoms with Crippen molar-refractivity contribution in [1.82, 2.24) is 4.90 Å². The molecule has 9 heteroatoms. The van der Waals surface area contributed by atoms with Crippen LogP contribution < -0.4 is 9.47 Å². The van der Waals surface area contributed by atoms with Gasteiger partial charge in [0.05, 0.1) is 17.1 Å². The molecular weight excluding hydrogens is 330 g/mol. The second-order valence-electron chi connectivity index (χ2n) is 4.72. The topological polar surface area (TPSA) is 91.4 Å². The van der Waals surface area contributed by atoms with E-state index in [0.29, 0.717) is 24.7 Å². The largest absolute Gasteiger partial charge is 0.486 e. The lowest BCUT2D eigenvalue weighted by Gasteiger charge is -2.20. The molecule has 0 unspecified atom stereocenters. The van der Waals surface area contributed by atoms with E-state index in [-0.39, 0.29) is 23.7 Å². The molecule has 0 spiro atoms. The first-order valence-electron chi connectivity index (χ1n) is 6.79. The molecule has 2 heterocycles. The highest BCUT2D eigenvalue weighted by Crippen LogP contribution is 2.38. The summed E-state index contributed by atoms with van der Waals surface area (Å²) in [7, 11) is 0. The van der Waals surface area contributed by atoms with Gasteiger partial charge in [0.2, 0.25) is 0 Å². The summed E-state index contributed by atoms with van der Waals surface area (Å²) >= 11 is 6.03. The third-order valence-corrected chi connectivity index (χ3v) is 3.50. The molecule has 0 N–H and O–H groups in total.